The van der Waals surface area contributed by atoms with Crippen LogP contribution in [0.2, 0.25) is 0 Å². The summed E-state index contributed by atoms with van der Waals surface area (Å²) in [5.74, 6) is 1.61. The van der Waals surface area contributed by atoms with Crippen molar-refractivity contribution in [1.82, 2.24) is 0 Å². The van der Waals surface area contributed by atoms with Gasteiger partial charge in [-0.15, -0.1) is 11.8 Å². The minimum Gasteiger partial charge on any atom is -0.491 e. The molecule has 5 heteroatoms. The van der Waals surface area contributed by atoms with Crippen molar-refractivity contribution in [3.05, 3.63) is 18.2 Å². The fourth-order valence-electron chi connectivity index (χ4n) is 1.29. The number of amides is 1. The number of carbonyl (C=O) groups is 1. The number of fused-ring (bicyclic) bond motifs is 1. The van der Waals surface area contributed by atoms with E-state index in [2.05, 4.69) is 5.32 Å². The van der Waals surface area contributed by atoms with E-state index < -0.39 is 6.09 Å². The van der Waals surface area contributed by atoms with Gasteiger partial charge in [0, 0.05) is 5.75 Å². The summed E-state index contributed by atoms with van der Waals surface area (Å²) in [6.45, 7) is 0.675. The van der Waals surface area contributed by atoms with Crippen LogP contribution in [-0.2, 0) is 0 Å². The van der Waals surface area contributed by atoms with Gasteiger partial charge in [-0.25, -0.2) is 4.79 Å². The van der Waals surface area contributed by atoms with E-state index >= 15 is 0 Å². The summed E-state index contributed by atoms with van der Waals surface area (Å²) >= 11 is 1.61. The molecule has 1 aromatic carbocycles. The van der Waals surface area contributed by atoms with Crippen LogP contribution in [0.4, 0.5) is 10.5 Å². The van der Waals surface area contributed by atoms with Gasteiger partial charge < -0.3 is 9.84 Å². The van der Waals surface area contributed by atoms with Gasteiger partial charge in [-0.1, -0.05) is 6.07 Å². The first-order chi connectivity index (χ1) is 6.77. The maximum Gasteiger partial charge on any atom is 0.409 e. The van der Waals surface area contributed by atoms with Gasteiger partial charge in [0.15, 0.2) is 0 Å². The van der Waals surface area contributed by atoms with Crippen molar-refractivity contribution < 1.29 is 14.6 Å². The van der Waals surface area contributed by atoms with Gasteiger partial charge in [-0.3, -0.25) is 5.32 Å². The second-order valence-corrected chi connectivity index (χ2v) is 3.87. The second kappa shape index (κ2) is 3.79. The summed E-state index contributed by atoms with van der Waals surface area (Å²) in [7, 11) is 0. The SMILES string of the molecule is O=C(O)Nc1cccc2c1SCCO2. The van der Waals surface area contributed by atoms with E-state index in [-0.39, 0.29) is 0 Å². The van der Waals surface area contributed by atoms with Crippen molar-refractivity contribution in [1.29, 1.82) is 0 Å². The van der Waals surface area contributed by atoms with E-state index in [1.165, 1.54) is 0 Å². The Labute approximate surface area is 85.3 Å². The van der Waals surface area contributed by atoms with Crippen molar-refractivity contribution >= 4 is 23.5 Å². The molecule has 2 rings (SSSR count). The molecule has 4 nitrogen and oxygen atoms in total. The molecule has 0 radical (unpaired) electrons. The fourth-order valence-corrected chi connectivity index (χ4v) is 2.20. The molecule has 0 fully saturated rings. The minimum absolute atomic E-state index is 0.597. The summed E-state index contributed by atoms with van der Waals surface area (Å²) in [4.78, 5) is 11.4. The molecule has 1 aliphatic heterocycles. The molecule has 0 saturated heterocycles. The molecule has 14 heavy (non-hydrogen) atoms. The first kappa shape index (κ1) is 9.21. The monoisotopic (exact) mass is 211 g/mol. The van der Waals surface area contributed by atoms with Crippen LogP contribution in [0.25, 0.3) is 0 Å². The van der Waals surface area contributed by atoms with Gasteiger partial charge >= 0.3 is 6.09 Å². The van der Waals surface area contributed by atoms with Crippen molar-refractivity contribution in [3.8, 4) is 5.75 Å². The number of hydrogen-bond acceptors (Lipinski definition) is 3. The fraction of sp³-hybridized carbons (Fsp3) is 0.222. The van der Waals surface area contributed by atoms with Crippen LogP contribution in [0.3, 0.4) is 0 Å². The highest BCUT2D eigenvalue weighted by molar-refractivity contribution is 7.99. The van der Waals surface area contributed by atoms with Crippen molar-refractivity contribution in [2.75, 3.05) is 17.7 Å². The van der Waals surface area contributed by atoms with E-state index in [1.54, 1.807) is 23.9 Å². The lowest BCUT2D eigenvalue weighted by Gasteiger charge is -2.18. The summed E-state index contributed by atoms with van der Waals surface area (Å²) in [6.07, 6.45) is -1.05. The van der Waals surface area contributed by atoms with Crippen molar-refractivity contribution in [2.45, 2.75) is 4.90 Å². The van der Waals surface area contributed by atoms with Crippen molar-refractivity contribution in [2.24, 2.45) is 0 Å². The van der Waals surface area contributed by atoms with Gasteiger partial charge in [-0.05, 0) is 12.1 Å². The zero-order valence-electron chi connectivity index (χ0n) is 7.32. The van der Waals surface area contributed by atoms with Crippen LogP contribution in [0, 0.1) is 0 Å². The molecule has 1 amide bonds. The molecule has 0 spiro atoms. The summed E-state index contributed by atoms with van der Waals surface area (Å²) in [5, 5.41) is 11.0. The van der Waals surface area contributed by atoms with Gasteiger partial charge in [0.2, 0.25) is 0 Å². The zero-order chi connectivity index (χ0) is 9.97. The van der Waals surface area contributed by atoms with E-state index in [0.29, 0.717) is 12.3 Å². The van der Waals surface area contributed by atoms with E-state index in [4.69, 9.17) is 9.84 Å². The maximum atomic E-state index is 10.5. The number of rotatable bonds is 1. The molecule has 0 aromatic heterocycles. The molecule has 0 bridgehead atoms. The first-order valence-electron chi connectivity index (χ1n) is 4.16. The summed E-state index contributed by atoms with van der Waals surface area (Å²) < 4.78 is 5.39. The lowest BCUT2D eigenvalue weighted by molar-refractivity contribution is 0.209. The standard InChI is InChI=1S/C9H9NO3S/c11-9(12)10-6-2-1-3-7-8(6)14-5-4-13-7/h1-3,10H,4-5H2,(H,11,12). The third kappa shape index (κ3) is 1.77. The highest BCUT2D eigenvalue weighted by atomic mass is 32.2. The van der Waals surface area contributed by atoms with Gasteiger partial charge in [0.1, 0.15) is 5.75 Å². The molecule has 1 heterocycles. The molecular weight excluding hydrogens is 202 g/mol. The van der Waals surface area contributed by atoms with Crippen LogP contribution in [0.1, 0.15) is 0 Å². The van der Waals surface area contributed by atoms with Crippen molar-refractivity contribution in [3.63, 3.8) is 0 Å². The van der Waals surface area contributed by atoms with E-state index in [9.17, 15) is 4.79 Å². The Hall–Kier alpha value is -1.36. The Morgan fingerprint density at radius 2 is 2.43 bits per heavy atom. The maximum absolute atomic E-state index is 10.5. The topological polar surface area (TPSA) is 58.6 Å². The molecule has 0 atom stereocenters. The first-order valence-corrected chi connectivity index (χ1v) is 5.14. The largest absolute Gasteiger partial charge is 0.491 e. The highest BCUT2D eigenvalue weighted by Crippen LogP contribution is 2.38. The Bertz CT molecular complexity index is 367. The smallest absolute Gasteiger partial charge is 0.409 e. The third-order valence-electron chi connectivity index (χ3n) is 1.81. The predicted octanol–water partition coefficient (Wildman–Crippen LogP) is 2.26. The van der Waals surface area contributed by atoms with Crippen LogP contribution in [0.5, 0.6) is 5.75 Å². The number of hydrogen-bond donors (Lipinski definition) is 2. The molecule has 2 N–H and O–H groups in total. The molecule has 1 aliphatic rings. The quantitative estimate of drug-likeness (QED) is 0.748. The minimum atomic E-state index is -1.05. The highest BCUT2D eigenvalue weighted by Gasteiger charge is 2.15. The number of carboxylic acid groups (broad SMARTS) is 1. The Balaban J connectivity index is 2.35. The molecule has 1 aromatic rings. The number of ether oxygens (including phenoxy) is 1. The summed E-state index contributed by atoms with van der Waals surface area (Å²) in [6, 6.07) is 5.35. The molecule has 0 saturated carbocycles. The Kier molecular flexibility index (Phi) is 2.49. The Morgan fingerprint density at radius 1 is 1.57 bits per heavy atom. The predicted molar refractivity (Wildman–Crippen MR) is 54.3 cm³/mol. The van der Waals surface area contributed by atoms with Crippen LogP contribution < -0.4 is 10.1 Å². The molecule has 0 aliphatic carbocycles. The van der Waals surface area contributed by atoms with Gasteiger partial charge in [-0.2, -0.15) is 0 Å². The third-order valence-corrected chi connectivity index (χ3v) is 2.89. The lowest BCUT2D eigenvalue weighted by atomic mass is 10.3. The second-order valence-electron chi connectivity index (χ2n) is 2.76. The molecular formula is C9H9NO3S. The number of anilines is 1. The number of benzene rings is 1. The summed E-state index contributed by atoms with van der Waals surface area (Å²) in [5.41, 5.74) is 0.597. The van der Waals surface area contributed by atoms with Gasteiger partial charge in [0.25, 0.3) is 0 Å². The average molecular weight is 211 g/mol. The number of nitrogens with one attached hydrogen (secondary N) is 1. The van der Waals surface area contributed by atoms with E-state index in [0.717, 1.165) is 16.4 Å². The zero-order valence-corrected chi connectivity index (χ0v) is 8.13. The van der Waals surface area contributed by atoms with Crippen LogP contribution in [-0.4, -0.2) is 23.6 Å². The molecule has 74 valence electrons. The lowest BCUT2D eigenvalue weighted by Crippen LogP contribution is -2.12. The van der Waals surface area contributed by atoms with E-state index in [1.807, 2.05) is 6.07 Å². The molecule has 0 unspecified atom stereocenters. The van der Waals surface area contributed by atoms with Crippen LogP contribution >= 0.6 is 11.8 Å². The average Bonchev–Trinajstić information content (AvgIpc) is 2.18. The van der Waals surface area contributed by atoms with Crippen LogP contribution in [0.15, 0.2) is 23.1 Å². The number of thioether (sulfide) groups is 1. The van der Waals surface area contributed by atoms with Gasteiger partial charge in [0.05, 0.1) is 17.2 Å². The normalized spacial score (nSPS) is 14.0. The Morgan fingerprint density at radius 3 is 3.21 bits per heavy atom.